The lowest BCUT2D eigenvalue weighted by Gasteiger charge is -2.21. The molecule has 126 valence electrons. The van der Waals surface area contributed by atoms with Crippen LogP contribution in [0.4, 0.5) is 5.69 Å². The zero-order valence-electron chi connectivity index (χ0n) is 13.4. The molecule has 8 heteroatoms. The number of hydrogen-bond acceptors (Lipinski definition) is 4. The van der Waals surface area contributed by atoms with E-state index in [2.05, 4.69) is 27.7 Å². The third-order valence-electron chi connectivity index (χ3n) is 3.88. The van der Waals surface area contributed by atoms with Gasteiger partial charge in [0.15, 0.2) is 0 Å². The summed E-state index contributed by atoms with van der Waals surface area (Å²) in [5.74, 6) is 0.611. The SMILES string of the molecule is COc1ccc(S(=O)(=O)N(C)c2ccc(I)c3cnn(C)c23)cc1. The van der Waals surface area contributed by atoms with Gasteiger partial charge in [-0.1, -0.05) is 0 Å². The molecular weight excluding hydrogens is 441 g/mol. The number of rotatable bonds is 4. The van der Waals surface area contributed by atoms with Gasteiger partial charge in [-0.05, 0) is 59.0 Å². The minimum Gasteiger partial charge on any atom is -0.497 e. The molecule has 0 unspecified atom stereocenters. The van der Waals surface area contributed by atoms with E-state index in [-0.39, 0.29) is 4.90 Å². The van der Waals surface area contributed by atoms with E-state index in [4.69, 9.17) is 4.74 Å². The Morgan fingerprint density at radius 3 is 2.46 bits per heavy atom. The van der Waals surface area contributed by atoms with Crippen molar-refractivity contribution in [1.82, 2.24) is 9.78 Å². The van der Waals surface area contributed by atoms with Gasteiger partial charge in [0, 0.05) is 23.1 Å². The second-order valence-corrected chi connectivity index (χ2v) is 8.38. The summed E-state index contributed by atoms with van der Waals surface area (Å²) in [6.07, 6.45) is 1.74. The Morgan fingerprint density at radius 2 is 1.83 bits per heavy atom. The molecule has 0 aliphatic carbocycles. The van der Waals surface area contributed by atoms with Gasteiger partial charge in [0.2, 0.25) is 0 Å². The molecule has 0 N–H and O–H groups in total. The van der Waals surface area contributed by atoms with Crippen LogP contribution < -0.4 is 9.04 Å². The highest BCUT2D eigenvalue weighted by atomic mass is 127. The summed E-state index contributed by atoms with van der Waals surface area (Å²) in [6.45, 7) is 0. The van der Waals surface area contributed by atoms with E-state index >= 15 is 0 Å². The van der Waals surface area contributed by atoms with Gasteiger partial charge in [-0.3, -0.25) is 8.99 Å². The average molecular weight is 457 g/mol. The van der Waals surface area contributed by atoms with E-state index in [1.807, 2.05) is 6.07 Å². The lowest BCUT2D eigenvalue weighted by atomic mass is 10.2. The van der Waals surface area contributed by atoms with Crippen molar-refractivity contribution in [2.75, 3.05) is 18.5 Å². The normalized spacial score (nSPS) is 11.7. The first-order valence-corrected chi connectivity index (χ1v) is 9.61. The number of halogens is 1. The molecule has 0 radical (unpaired) electrons. The van der Waals surface area contributed by atoms with Crippen molar-refractivity contribution in [2.24, 2.45) is 7.05 Å². The molecule has 0 saturated carbocycles. The van der Waals surface area contributed by atoms with E-state index < -0.39 is 10.0 Å². The number of sulfonamides is 1. The molecule has 2 aromatic carbocycles. The van der Waals surface area contributed by atoms with Crippen LogP contribution in [0.1, 0.15) is 0 Å². The molecule has 0 aliphatic heterocycles. The number of nitrogens with zero attached hydrogens (tertiary/aromatic N) is 3. The molecule has 0 amide bonds. The van der Waals surface area contributed by atoms with E-state index in [0.717, 1.165) is 14.5 Å². The van der Waals surface area contributed by atoms with Crippen LogP contribution >= 0.6 is 22.6 Å². The van der Waals surface area contributed by atoms with Crippen LogP contribution in [0, 0.1) is 3.57 Å². The number of methoxy groups -OCH3 is 1. The fourth-order valence-corrected chi connectivity index (χ4v) is 4.30. The van der Waals surface area contributed by atoms with Gasteiger partial charge in [0.25, 0.3) is 10.0 Å². The van der Waals surface area contributed by atoms with Gasteiger partial charge in [0.1, 0.15) is 5.75 Å². The van der Waals surface area contributed by atoms with Gasteiger partial charge >= 0.3 is 0 Å². The van der Waals surface area contributed by atoms with Crippen LogP contribution in [0.3, 0.4) is 0 Å². The summed E-state index contributed by atoms with van der Waals surface area (Å²) in [6, 6.07) is 10.0. The zero-order chi connectivity index (χ0) is 17.5. The fourth-order valence-electron chi connectivity index (χ4n) is 2.53. The molecular formula is C16H16IN3O3S. The van der Waals surface area contributed by atoms with Crippen LogP contribution in [-0.4, -0.2) is 32.4 Å². The van der Waals surface area contributed by atoms with Crippen molar-refractivity contribution in [3.63, 3.8) is 0 Å². The second kappa shape index (κ2) is 6.25. The third-order valence-corrected chi connectivity index (χ3v) is 6.61. The Morgan fingerprint density at radius 1 is 1.17 bits per heavy atom. The highest BCUT2D eigenvalue weighted by Gasteiger charge is 2.24. The Kier molecular flexibility index (Phi) is 4.43. The van der Waals surface area contributed by atoms with Crippen molar-refractivity contribution >= 4 is 49.2 Å². The van der Waals surface area contributed by atoms with Crippen LogP contribution in [0.25, 0.3) is 10.9 Å². The number of ether oxygens (including phenoxy) is 1. The molecule has 1 aromatic heterocycles. The summed E-state index contributed by atoms with van der Waals surface area (Å²) in [7, 11) is 1.21. The van der Waals surface area contributed by atoms with E-state index in [1.165, 1.54) is 16.4 Å². The molecule has 0 bridgehead atoms. The minimum atomic E-state index is -3.68. The second-order valence-electron chi connectivity index (χ2n) is 5.25. The topological polar surface area (TPSA) is 64.4 Å². The monoisotopic (exact) mass is 457 g/mol. The first kappa shape index (κ1) is 17.0. The number of fused-ring (bicyclic) bond motifs is 1. The molecule has 0 spiro atoms. The summed E-state index contributed by atoms with van der Waals surface area (Å²) in [4.78, 5) is 0.208. The van der Waals surface area contributed by atoms with Gasteiger partial charge in [-0.15, -0.1) is 0 Å². The lowest BCUT2D eigenvalue weighted by Crippen LogP contribution is -2.27. The molecule has 1 heterocycles. The molecule has 0 aliphatic rings. The predicted octanol–water partition coefficient (Wildman–Crippen LogP) is 3.01. The summed E-state index contributed by atoms with van der Waals surface area (Å²) in [5, 5.41) is 5.17. The highest BCUT2D eigenvalue weighted by Crippen LogP contribution is 2.32. The summed E-state index contributed by atoms with van der Waals surface area (Å²) < 4.78 is 35.0. The number of aryl methyl sites for hydroxylation is 1. The van der Waals surface area contributed by atoms with Crippen molar-refractivity contribution in [1.29, 1.82) is 0 Å². The van der Waals surface area contributed by atoms with Crippen LogP contribution in [-0.2, 0) is 17.1 Å². The fraction of sp³-hybridized carbons (Fsp3) is 0.188. The van der Waals surface area contributed by atoms with Gasteiger partial charge in [0.05, 0.1) is 29.4 Å². The first-order chi connectivity index (χ1) is 11.4. The Bertz CT molecular complexity index is 997. The quantitative estimate of drug-likeness (QED) is 0.566. The van der Waals surface area contributed by atoms with Crippen LogP contribution in [0.2, 0.25) is 0 Å². The zero-order valence-corrected chi connectivity index (χ0v) is 16.4. The summed E-state index contributed by atoms with van der Waals surface area (Å²) >= 11 is 2.22. The largest absolute Gasteiger partial charge is 0.497 e. The number of anilines is 1. The van der Waals surface area contributed by atoms with Gasteiger partial charge in [-0.2, -0.15) is 5.10 Å². The lowest BCUT2D eigenvalue weighted by molar-refractivity contribution is 0.414. The van der Waals surface area contributed by atoms with E-state index in [9.17, 15) is 8.42 Å². The summed E-state index contributed by atoms with van der Waals surface area (Å²) in [5.41, 5.74) is 1.36. The maximum atomic E-state index is 12.9. The van der Waals surface area contributed by atoms with Crippen molar-refractivity contribution in [3.8, 4) is 5.75 Å². The smallest absolute Gasteiger partial charge is 0.264 e. The molecule has 0 saturated heterocycles. The standard InChI is InChI=1S/C16H16IN3O3S/c1-19-16-13(10-18-19)14(17)8-9-15(16)20(2)24(21,22)12-6-4-11(23-3)5-7-12/h4-10H,1-3H3. The number of hydrogen-bond donors (Lipinski definition) is 0. The van der Waals surface area contributed by atoms with Crippen LogP contribution in [0.5, 0.6) is 5.75 Å². The van der Waals surface area contributed by atoms with E-state index in [0.29, 0.717) is 11.4 Å². The minimum absolute atomic E-state index is 0.208. The molecule has 0 atom stereocenters. The maximum Gasteiger partial charge on any atom is 0.264 e. The average Bonchev–Trinajstić information content (AvgIpc) is 2.98. The third kappa shape index (κ3) is 2.73. The van der Waals surface area contributed by atoms with E-state index in [1.54, 1.807) is 50.3 Å². The van der Waals surface area contributed by atoms with Gasteiger partial charge in [-0.25, -0.2) is 8.42 Å². The number of aromatic nitrogens is 2. The molecule has 3 rings (SSSR count). The molecule has 6 nitrogen and oxygen atoms in total. The Hall–Kier alpha value is -1.81. The predicted molar refractivity (Wildman–Crippen MR) is 102 cm³/mol. The van der Waals surface area contributed by atoms with Crippen LogP contribution in [0.15, 0.2) is 47.5 Å². The van der Waals surface area contributed by atoms with Crippen molar-refractivity contribution in [3.05, 3.63) is 46.2 Å². The van der Waals surface area contributed by atoms with Gasteiger partial charge < -0.3 is 4.74 Å². The number of benzene rings is 2. The molecule has 3 aromatic rings. The van der Waals surface area contributed by atoms with Crippen molar-refractivity contribution < 1.29 is 13.2 Å². The molecule has 24 heavy (non-hydrogen) atoms. The molecule has 0 fully saturated rings. The highest BCUT2D eigenvalue weighted by molar-refractivity contribution is 14.1. The first-order valence-electron chi connectivity index (χ1n) is 7.09. The van der Waals surface area contributed by atoms with Crippen molar-refractivity contribution in [2.45, 2.75) is 4.90 Å². The maximum absolute atomic E-state index is 12.9. The Labute approximate surface area is 154 Å². The Balaban J connectivity index is 2.12.